The van der Waals surface area contributed by atoms with Crippen molar-refractivity contribution < 1.29 is 14.6 Å². The van der Waals surface area contributed by atoms with Gasteiger partial charge in [0.05, 0.1) is 6.33 Å². The van der Waals surface area contributed by atoms with Crippen LogP contribution in [0.4, 0.5) is 0 Å². The summed E-state index contributed by atoms with van der Waals surface area (Å²) in [7, 11) is 0. The van der Waals surface area contributed by atoms with Crippen LogP contribution in [-0.2, 0) is 0 Å². The zero-order chi connectivity index (χ0) is 12.4. The molecule has 0 saturated heterocycles. The highest BCUT2D eigenvalue weighted by molar-refractivity contribution is 7.12. The smallest absolute Gasteiger partial charge is 0.346 e. The average molecular weight is 273 g/mol. The number of nitrogens with zero attached hydrogens (tertiary/aromatic N) is 1. The molecule has 0 radical (unpaired) electrons. The molecule has 0 saturated carbocycles. The lowest BCUT2D eigenvalue weighted by molar-refractivity contribution is 0.0702. The Kier molecular flexibility index (Phi) is 3.12. The molecule has 0 aliphatic rings. The zero-order valence-corrected chi connectivity index (χ0v) is 9.71. The molecule has 0 aliphatic heterocycles. The number of nitrogens with one attached hydrogen (secondary N) is 1. The number of halogens is 1. The second-order valence-corrected chi connectivity index (χ2v) is 4.19. The third-order valence-electron chi connectivity index (χ3n) is 1.77. The van der Waals surface area contributed by atoms with Crippen LogP contribution in [0.25, 0.3) is 0 Å². The lowest BCUT2D eigenvalue weighted by Gasteiger charge is -2.01. The predicted molar refractivity (Wildman–Crippen MR) is 61.2 cm³/mol. The minimum atomic E-state index is -1.05. The monoisotopic (exact) mass is 272 g/mol. The summed E-state index contributed by atoms with van der Waals surface area (Å²) in [6, 6.07) is 1.33. The van der Waals surface area contributed by atoms with E-state index in [2.05, 4.69) is 9.97 Å². The number of aromatic amines is 1. The van der Waals surface area contributed by atoms with Gasteiger partial charge in [0.25, 0.3) is 5.56 Å². The fourth-order valence-corrected chi connectivity index (χ4v) is 1.82. The van der Waals surface area contributed by atoms with E-state index in [1.165, 1.54) is 11.4 Å². The number of carboxylic acids is 1. The maximum atomic E-state index is 11.1. The second-order valence-electron chi connectivity index (χ2n) is 2.90. The number of ether oxygens (including phenoxy) is 1. The molecule has 0 bridgehead atoms. The predicted octanol–water partition coefficient (Wildman–Crippen LogP) is 1.98. The Balaban J connectivity index is 2.28. The largest absolute Gasteiger partial charge is 0.477 e. The zero-order valence-electron chi connectivity index (χ0n) is 8.14. The van der Waals surface area contributed by atoms with Crippen molar-refractivity contribution in [1.82, 2.24) is 9.97 Å². The van der Waals surface area contributed by atoms with Crippen molar-refractivity contribution in [2.45, 2.75) is 0 Å². The van der Waals surface area contributed by atoms with Crippen molar-refractivity contribution in [2.24, 2.45) is 0 Å². The van der Waals surface area contributed by atoms with Crippen LogP contribution in [0.3, 0.4) is 0 Å². The van der Waals surface area contributed by atoms with Gasteiger partial charge in [-0.15, -0.1) is 11.3 Å². The Bertz CT molecular complexity index is 621. The Labute approximate surface area is 103 Å². The standard InChI is InChI=1S/C9H5ClN2O4S/c10-6-7(13)11-3-12-8(6)16-4-1-5(9(14)15)17-2-4/h1-3H,(H,14,15)(H,11,12,13). The molecule has 0 unspecified atom stereocenters. The molecule has 2 heterocycles. The summed E-state index contributed by atoms with van der Waals surface area (Å²) in [5, 5.41) is 10.0. The number of aromatic carboxylic acids is 1. The van der Waals surface area contributed by atoms with Crippen molar-refractivity contribution >= 4 is 28.9 Å². The van der Waals surface area contributed by atoms with Crippen LogP contribution in [0.15, 0.2) is 22.6 Å². The third-order valence-corrected chi connectivity index (χ3v) is 3.00. The van der Waals surface area contributed by atoms with E-state index >= 15 is 0 Å². The molecule has 88 valence electrons. The third kappa shape index (κ3) is 2.45. The van der Waals surface area contributed by atoms with Crippen LogP contribution >= 0.6 is 22.9 Å². The first-order chi connectivity index (χ1) is 8.08. The van der Waals surface area contributed by atoms with Gasteiger partial charge in [0.2, 0.25) is 5.88 Å². The summed E-state index contributed by atoms with van der Waals surface area (Å²) in [5.41, 5.74) is -0.523. The number of H-pyrrole nitrogens is 1. The van der Waals surface area contributed by atoms with Gasteiger partial charge in [-0.05, 0) is 0 Å². The number of rotatable bonds is 3. The highest BCUT2D eigenvalue weighted by Crippen LogP contribution is 2.28. The normalized spacial score (nSPS) is 10.2. The van der Waals surface area contributed by atoms with Crippen molar-refractivity contribution in [3.63, 3.8) is 0 Å². The molecule has 2 aromatic rings. The SMILES string of the molecule is O=C(O)c1cc(Oc2nc[nH]c(=O)c2Cl)cs1. The minimum absolute atomic E-state index is 0.0647. The van der Waals surface area contributed by atoms with Crippen LogP contribution in [0.5, 0.6) is 11.6 Å². The average Bonchev–Trinajstić information content (AvgIpc) is 2.73. The van der Waals surface area contributed by atoms with Gasteiger partial charge in [-0.1, -0.05) is 11.6 Å². The number of carboxylic acid groups (broad SMARTS) is 1. The summed E-state index contributed by atoms with van der Waals surface area (Å²) in [6.07, 6.45) is 1.15. The molecule has 17 heavy (non-hydrogen) atoms. The number of aromatic nitrogens is 2. The summed E-state index contributed by atoms with van der Waals surface area (Å²) < 4.78 is 5.20. The first-order valence-electron chi connectivity index (χ1n) is 4.31. The summed E-state index contributed by atoms with van der Waals surface area (Å²) in [5.74, 6) is -0.840. The number of thiophene rings is 1. The Morgan fingerprint density at radius 2 is 2.35 bits per heavy atom. The van der Waals surface area contributed by atoms with Gasteiger partial charge < -0.3 is 14.8 Å². The van der Waals surface area contributed by atoms with E-state index in [0.29, 0.717) is 0 Å². The molecule has 0 aliphatic carbocycles. The molecule has 2 aromatic heterocycles. The molecule has 0 atom stereocenters. The Morgan fingerprint density at radius 1 is 1.59 bits per heavy atom. The van der Waals surface area contributed by atoms with Gasteiger partial charge >= 0.3 is 5.97 Å². The summed E-state index contributed by atoms with van der Waals surface area (Å²) in [4.78, 5) is 27.9. The minimum Gasteiger partial charge on any atom is -0.477 e. The number of hydrogen-bond acceptors (Lipinski definition) is 5. The second kappa shape index (κ2) is 4.56. The highest BCUT2D eigenvalue weighted by atomic mass is 35.5. The van der Waals surface area contributed by atoms with Gasteiger partial charge in [-0.2, -0.15) is 0 Å². The molecule has 0 spiro atoms. The first kappa shape index (κ1) is 11.6. The van der Waals surface area contributed by atoms with Crippen LogP contribution in [-0.4, -0.2) is 21.0 Å². The summed E-state index contributed by atoms with van der Waals surface area (Å²) >= 11 is 6.67. The lowest BCUT2D eigenvalue weighted by Crippen LogP contribution is -2.07. The van der Waals surface area contributed by atoms with Crippen LogP contribution < -0.4 is 10.3 Å². The topological polar surface area (TPSA) is 92.3 Å². The molecular weight excluding hydrogens is 268 g/mol. The van der Waals surface area contributed by atoms with Crippen molar-refractivity contribution in [2.75, 3.05) is 0 Å². The van der Waals surface area contributed by atoms with Crippen LogP contribution in [0.2, 0.25) is 5.02 Å². The quantitative estimate of drug-likeness (QED) is 0.891. The van der Waals surface area contributed by atoms with Gasteiger partial charge in [0.1, 0.15) is 10.6 Å². The fourth-order valence-electron chi connectivity index (χ4n) is 1.03. The molecule has 8 heteroatoms. The maximum absolute atomic E-state index is 11.1. The van der Waals surface area contributed by atoms with E-state index in [1.54, 1.807) is 0 Å². The number of carbonyl (C=O) groups is 1. The molecule has 6 nitrogen and oxygen atoms in total. The Hall–Kier alpha value is -1.86. The van der Waals surface area contributed by atoms with Crippen molar-refractivity contribution in [3.8, 4) is 11.6 Å². The van der Waals surface area contributed by atoms with Crippen LogP contribution in [0.1, 0.15) is 9.67 Å². The molecule has 0 fully saturated rings. The molecular formula is C9H5ClN2O4S. The van der Waals surface area contributed by atoms with E-state index in [-0.39, 0.29) is 21.5 Å². The van der Waals surface area contributed by atoms with Gasteiger partial charge in [0.15, 0.2) is 5.02 Å². The van der Waals surface area contributed by atoms with E-state index in [9.17, 15) is 9.59 Å². The maximum Gasteiger partial charge on any atom is 0.346 e. The number of hydrogen-bond donors (Lipinski definition) is 2. The summed E-state index contributed by atoms with van der Waals surface area (Å²) in [6.45, 7) is 0. The molecule has 2 N–H and O–H groups in total. The van der Waals surface area contributed by atoms with Crippen LogP contribution in [0, 0.1) is 0 Å². The first-order valence-corrected chi connectivity index (χ1v) is 5.56. The molecule has 2 rings (SSSR count). The van der Waals surface area contributed by atoms with E-state index in [4.69, 9.17) is 21.4 Å². The van der Waals surface area contributed by atoms with E-state index in [0.717, 1.165) is 17.7 Å². The lowest BCUT2D eigenvalue weighted by atomic mass is 10.4. The van der Waals surface area contributed by atoms with E-state index < -0.39 is 11.5 Å². The highest BCUT2D eigenvalue weighted by Gasteiger charge is 2.12. The van der Waals surface area contributed by atoms with Crippen molar-refractivity contribution in [1.29, 1.82) is 0 Å². The Morgan fingerprint density at radius 3 is 3.00 bits per heavy atom. The molecule has 0 amide bonds. The van der Waals surface area contributed by atoms with Crippen molar-refractivity contribution in [3.05, 3.63) is 38.0 Å². The van der Waals surface area contributed by atoms with Gasteiger partial charge in [-0.25, -0.2) is 9.78 Å². The van der Waals surface area contributed by atoms with E-state index in [1.807, 2.05) is 0 Å². The van der Waals surface area contributed by atoms with Gasteiger partial charge in [0, 0.05) is 11.4 Å². The molecule has 0 aromatic carbocycles. The fraction of sp³-hybridized carbons (Fsp3) is 0. The van der Waals surface area contributed by atoms with Gasteiger partial charge in [-0.3, -0.25) is 4.79 Å².